The minimum absolute atomic E-state index is 0.222. The van der Waals surface area contributed by atoms with E-state index in [1.165, 1.54) is 32.1 Å². The number of sulfone groups is 1. The van der Waals surface area contributed by atoms with Gasteiger partial charge in [-0.3, -0.25) is 0 Å². The normalized spacial score (nSPS) is 25.9. The van der Waals surface area contributed by atoms with Crippen molar-refractivity contribution in [2.45, 2.75) is 47.3 Å². The summed E-state index contributed by atoms with van der Waals surface area (Å²) in [5.74, 6) is 3.52. The zero-order valence-electron chi connectivity index (χ0n) is 26.4. The summed E-state index contributed by atoms with van der Waals surface area (Å²) in [6, 6.07) is 40.4. The first-order valence-electron chi connectivity index (χ1n) is 17.1. The summed E-state index contributed by atoms with van der Waals surface area (Å²) in [4.78, 5) is 1.02. The second-order valence-corrected chi connectivity index (χ2v) is 16.2. The van der Waals surface area contributed by atoms with Gasteiger partial charge in [0.15, 0.2) is 0 Å². The Hall–Kier alpha value is -4.81. The van der Waals surface area contributed by atoms with Crippen molar-refractivity contribution in [3.05, 3.63) is 132 Å². The highest BCUT2D eigenvalue weighted by Gasteiger charge is 2.62. The number of benzene rings is 5. The molecule has 6 heteroatoms. The third kappa shape index (κ3) is 4.05. The van der Waals surface area contributed by atoms with E-state index in [1.807, 2.05) is 72.8 Å². The maximum Gasteiger partial charge on any atom is 0.248 e. The number of rotatable bonds is 4. The molecule has 1 aliphatic heterocycles. The van der Waals surface area contributed by atoms with Crippen LogP contribution >= 0.6 is 0 Å². The second kappa shape index (κ2) is 10.3. The molecule has 4 bridgehead atoms. The van der Waals surface area contributed by atoms with Crippen LogP contribution in [0.4, 0.5) is 0 Å². The van der Waals surface area contributed by atoms with E-state index >= 15 is 0 Å². The molecule has 5 aromatic carbocycles. The lowest BCUT2D eigenvalue weighted by molar-refractivity contribution is -0.0446. The van der Waals surface area contributed by atoms with Gasteiger partial charge < -0.3 is 4.42 Å². The van der Waals surface area contributed by atoms with Crippen LogP contribution in [0.15, 0.2) is 136 Å². The van der Waals surface area contributed by atoms with Crippen LogP contribution in [0.1, 0.15) is 43.2 Å². The molecule has 0 radical (unpaired) electrons. The predicted octanol–water partition coefficient (Wildman–Crippen LogP) is 9.63. The number of hydrogen-bond donors (Lipinski definition) is 0. The molecule has 48 heavy (non-hydrogen) atoms. The number of aromatic nitrogens is 2. The number of hydrogen-bond acceptors (Lipinski definition) is 5. The maximum absolute atomic E-state index is 14.4. The highest BCUT2D eigenvalue weighted by molar-refractivity contribution is 7.91. The monoisotopic (exact) mass is 646 g/mol. The van der Waals surface area contributed by atoms with E-state index in [0.717, 1.165) is 56.3 Å². The van der Waals surface area contributed by atoms with E-state index in [-0.39, 0.29) is 5.41 Å². The minimum Gasteiger partial charge on any atom is -0.416 e. The van der Waals surface area contributed by atoms with Gasteiger partial charge in [0.2, 0.25) is 21.6 Å². The molecular weight excluding hydrogens is 613 g/mol. The van der Waals surface area contributed by atoms with Crippen LogP contribution in [0.3, 0.4) is 0 Å². The molecule has 0 unspecified atom stereocenters. The lowest BCUT2D eigenvalue weighted by Gasteiger charge is -2.63. The summed E-state index contributed by atoms with van der Waals surface area (Å²) >= 11 is 0. The van der Waals surface area contributed by atoms with E-state index in [4.69, 9.17) is 4.42 Å². The zero-order chi connectivity index (χ0) is 32.0. The van der Waals surface area contributed by atoms with Crippen LogP contribution in [0.5, 0.6) is 0 Å². The molecule has 0 saturated heterocycles. The van der Waals surface area contributed by atoms with Gasteiger partial charge in [-0.2, -0.15) is 0 Å². The molecule has 6 aromatic rings. The van der Waals surface area contributed by atoms with E-state index in [0.29, 0.717) is 33.4 Å². The van der Waals surface area contributed by atoms with E-state index in [2.05, 4.69) is 58.7 Å². The van der Waals surface area contributed by atoms with Gasteiger partial charge in [0.1, 0.15) is 0 Å². The molecular formula is C42H34N2O3S. The molecule has 0 atom stereocenters. The Morgan fingerprint density at radius 1 is 0.500 bits per heavy atom. The predicted molar refractivity (Wildman–Crippen MR) is 186 cm³/mol. The summed E-state index contributed by atoms with van der Waals surface area (Å²) in [5.41, 5.74) is 7.53. The molecule has 2 heterocycles. The Balaban J connectivity index is 1.05. The van der Waals surface area contributed by atoms with Crippen molar-refractivity contribution in [2.75, 3.05) is 0 Å². The van der Waals surface area contributed by atoms with Crippen molar-refractivity contribution >= 4 is 9.84 Å². The lowest BCUT2D eigenvalue weighted by atomic mass is 9.42. The second-order valence-electron chi connectivity index (χ2n) is 14.3. The Bertz CT molecular complexity index is 2310. The van der Waals surface area contributed by atoms with Crippen molar-refractivity contribution in [1.82, 2.24) is 10.2 Å². The van der Waals surface area contributed by atoms with Gasteiger partial charge in [0.05, 0.1) is 9.79 Å². The van der Waals surface area contributed by atoms with Gasteiger partial charge in [-0.1, -0.05) is 78.9 Å². The molecule has 4 saturated carbocycles. The molecule has 236 valence electrons. The van der Waals surface area contributed by atoms with Crippen LogP contribution in [0.25, 0.3) is 45.2 Å². The highest BCUT2D eigenvalue weighted by atomic mass is 32.2. The topological polar surface area (TPSA) is 73.1 Å². The van der Waals surface area contributed by atoms with Crippen molar-refractivity contribution in [3.8, 4) is 45.2 Å². The average Bonchev–Trinajstić information content (AvgIpc) is 3.63. The first-order valence-corrected chi connectivity index (χ1v) is 18.6. The molecule has 5 aliphatic rings. The summed E-state index contributed by atoms with van der Waals surface area (Å²) in [6.07, 6.45) is 6.20. The molecule has 11 rings (SSSR count). The highest BCUT2D eigenvalue weighted by Crippen LogP contribution is 2.68. The lowest BCUT2D eigenvalue weighted by Crippen LogP contribution is -2.57. The Labute approximate surface area is 280 Å². The maximum atomic E-state index is 14.4. The van der Waals surface area contributed by atoms with Gasteiger partial charge in [-0.05, 0) is 132 Å². The van der Waals surface area contributed by atoms with Crippen LogP contribution in [0.2, 0.25) is 0 Å². The van der Waals surface area contributed by atoms with Crippen LogP contribution in [-0.4, -0.2) is 18.6 Å². The van der Waals surface area contributed by atoms with Crippen LogP contribution in [-0.2, 0) is 15.3 Å². The van der Waals surface area contributed by atoms with E-state index in [9.17, 15) is 8.42 Å². The summed E-state index contributed by atoms with van der Waals surface area (Å²) in [5, 5.41) is 8.59. The SMILES string of the molecule is O=S1(=O)c2ccccc2C2(c3ccc(-c4cccc(-c5cccc(-c6nnc(-c7ccccc7)o6)c5)c4)cc31)C1CC3CC(C1)CC2C3. The summed E-state index contributed by atoms with van der Waals surface area (Å²) < 4.78 is 34.9. The van der Waals surface area contributed by atoms with Crippen molar-refractivity contribution in [3.63, 3.8) is 0 Å². The standard InChI is InChI=1S/C42H34N2O3S/c45-48(46)38-15-5-4-14-36(38)42(34-19-26-18-27(21-34)22-35(42)20-26)37-17-16-32(25-39(37)48)30-11-6-10-29(23-30)31-12-7-13-33(24-31)41-44-43-40(47-41)28-8-2-1-3-9-28/h1-17,23-27,34-35H,18-22H2. The Morgan fingerprint density at radius 2 is 1.02 bits per heavy atom. The molecule has 1 spiro atoms. The fourth-order valence-electron chi connectivity index (χ4n) is 10.1. The zero-order valence-corrected chi connectivity index (χ0v) is 27.2. The third-order valence-corrected chi connectivity index (χ3v) is 13.7. The Kier molecular flexibility index (Phi) is 6.08. The van der Waals surface area contributed by atoms with Crippen LogP contribution in [0, 0.1) is 23.7 Å². The molecule has 5 nitrogen and oxygen atoms in total. The van der Waals surface area contributed by atoms with E-state index in [1.54, 1.807) is 0 Å². The first kappa shape index (κ1) is 28.2. The van der Waals surface area contributed by atoms with Crippen LogP contribution < -0.4 is 0 Å². The first-order chi connectivity index (χ1) is 23.5. The van der Waals surface area contributed by atoms with Gasteiger partial charge in [0, 0.05) is 16.5 Å². The molecule has 4 aliphatic carbocycles. The van der Waals surface area contributed by atoms with Gasteiger partial charge >= 0.3 is 0 Å². The van der Waals surface area contributed by atoms with Gasteiger partial charge in [-0.15, -0.1) is 10.2 Å². The molecule has 4 fully saturated rings. The molecule has 0 N–H and O–H groups in total. The van der Waals surface area contributed by atoms with E-state index < -0.39 is 9.84 Å². The summed E-state index contributed by atoms with van der Waals surface area (Å²) in [6.45, 7) is 0. The minimum atomic E-state index is -3.68. The van der Waals surface area contributed by atoms with Crippen molar-refractivity contribution in [1.29, 1.82) is 0 Å². The third-order valence-electron chi connectivity index (χ3n) is 11.8. The Morgan fingerprint density at radius 3 is 1.71 bits per heavy atom. The smallest absolute Gasteiger partial charge is 0.248 e. The molecule has 1 aromatic heterocycles. The van der Waals surface area contributed by atoms with Gasteiger partial charge in [0.25, 0.3) is 0 Å². The average molecular weight is 647 g/mol. The largest absolute Gasteiger partial charge is 0.416 e. The number of nitrogens with zero attached hydrogens (tertiary/aromatic N) is 2. The van der Waals surface area contributed by atoms with Gasteiger partial charge in [-0.25, -0.2) is 8.42 Å². The fourth-order valence-corrected chi connectivity index (χ4v) is 12.0. The van der Waals surface area contributed by atoms with Crippen molar-refractivity contribution in [2.24, 2.45) is 23.7 Å². The van der Waals surface area contributed by atoms with Crippen molar-refractivity contribution < 1.29 is 12.8 Å². The quantitative estimate of drug-likeness (QED) is 0.191. The fraction of sp³-hybridized carbons (Fsp3) is 0.238. The molecule has 0 amide bonds. The summed E-state index contributed by atoms with van der Waals surface area (Å²) in [7, 11) is -3.68. The number of fused-ring (bicyclic) bond motifs is 2.